The second-order valence-corrected chi connectivity index (χ2v) is 4.21. The van der Waals surface area contributed by atoms with Crippen molar-refractivity contribution in [2.75, 3.05) is 10.7 Å². The average molecular weight is 278 g/mol. The summed E-state index contributed by atoms with van der Waals surface area (Å²) >= 11 is 5.80. The van der Waals surface area contributed by atoms with E-state index in [9.17, 15) is 4.79 Å². The highest BCUT2D eigenvalue weighted by Crippen LogP contribution is 2.15. The normalized spacial score (nSPS) is 10.1. The minimum atomic E-state index is -0.334. The molecular weight excluding hydrogens is 266 g/mol. The van der Waals surface area contributed by atoms with E-state index in [0.29, 0.717) is 17.2 Å². The van der Waals surface area contributed by atoms with Crippen LogP contribution in [0.3, 0.4) is 0 Å². The first-order chi connectivity index (χ1) is 9.08. The summed E-state index contributed by atoms with van der Waals surface area (Å²) in [5, 5.41) is 2.85. The molecule has 4 N–H and O–H groups in total. The monoisotopic (exact) mass is 277 g/mol. The fourth-order valence-corrected chi connectivity index (χ4v) is 1.71. The first-order valence-corrected chi connectivity index (χ1v) is 5.85. The van der Waals surface area contributed by atoms with E-state index in [1.54, 1.807) is 6.07 Å². The number of nitrogen functional groups attached to an aromatic ring is 1. The lowest BCUT2D eigenvalue weighted by Crippen LogP contribution is -2.15. The summed E-state index contributed by atoms with van der Waals surface area (Å²) in [4.78, 5) is 20.1. The number of aryl methyl sites for hydroxylation is 1. The van der Waals surface area contributed by atoms with E-state index in [1.807, 2.05) is 19.1 Å². The van der Waals surface area contributed by atoms with Crippen LogP contribution in [0.1, 0.15) is 16.1 Å². The van der Waals surface area contributed by atoms with Crippen LogP contribution in [0.4, 0.5) is 11.6 Å². The molecule has 0 aromatic carbocycles. The highest BCUT2D eigenvalue weighted by Gasteiger charge is 2.10. The third kappa shape index (κ3) is 3.40. The number of pyridine rings is 2. The Balaban J connectivity index is 2.22. The molecule has 7 heteroatoms. The molecule has 0 radical (unpaired) electrons. The topological polar surface area (TPSA) is 92.9 Å². The highest BCUT2D eigenvalue weighted by atomic mass is 35.5. The fraction of sp³-hybridized carbons (Fsp3) is 0.0833. The smallest absolute Gasteiger partial charge is 0.257 e. The highest BCUT2D eigenvalue weighted by molar-refractivity contribution is 6.30. The Morgan fingerprint density at radius 3 is 2.74 bits per heavy atom. The Morgan fingerprint density at radius 2 is 2.05 bits per heavy atom. The molecule has 0 bridgehead atoms. The SMILES string of the molecule is Cc1cccc(NC(=O)c2cc(Cl)nc(NN)c2)n1. The zero-order valence-corrected chi connectivity index (χ0v) is 10.9. The molecule has 2 rings (SSSR count). The van der Waals surface area contributed by atoms with Crippen LogP contribution in [0, 0.1) is 6.92 Å². The van der Waals surface area contributed by atoms with E-state index in [2.05, 4.69) is 20.7 Å². The number of aromatic nitrogens is 2. The molecule has 0 spiro atoms. The van der Waals surface area contributed by atoms with Gasteiger partial charge in [-0.3, -0.25) is 4.79 Å². The summed E-state index contributed by atoms with van der Waals surface area (Å²) in [5.41, 5.74) is 3.50. The van der Waals surface area contributed by atoms with Crippen molar-refractivity contribution >= 4 is 29.1 Å². The molecule has 1 amide bonds. The van der Waals surface area contributed by atoms with E-state index < -0.39 is 0 Å². The van der Waals surface area contributed by atoms with Crippen molar-refractivity contribution in [1.29, 1.82) is 0 Å². The number of nitrogens with zero attached hydrogens (tertiary/aromatic N) is 2. The lowest BCUT2D eigenvalue weighted by molar-refractivity contribution is 0.102. The number of amides is 1. The number of halogens is 1. The number of nitrogens with one attached hydrogen (secondary N) is 2. The molecule has 0 aliphatic carbocycles. The van der Waals surface area contributed by atoms with Crippen molar-refractivity contribution < 1.29 is 4.79 Å². The van der Waals surface area contributed by atoms with Crippen LogP contribution in [0.15, 0.2) is 30.3 Å². The Bertz CT molecular complexity index is 617. The molecule has 0 aliphatic heterocycles. The van der Waals surface area contributed by atoms with Gasteiger partial charge in [0.25, 0.3) is 5.91 Å². The lowest BCUT2D eigenvalue weighted by atomic mass is 10.2. The summed E-state index contributed by atoms with van der Waals surface area (Å²) in [6, 6.07) is 8.31. The van der Waals surface area contributed by atoms with Gasteiger partial charge in [-0.2, -0.15) is 0 Å². The Labute approximate surface area is 115 Å². The van der Waals surface area contributed by atoms with Crippen LogP contribution < -0.4 is 16.6 Å². The molecule has 2 aromatic heterocycles. The Hall–Kier alpha value is -2.18. The summed E-state index contributed by atoms with van der Waals surface area (Å²) in [7, 11) is 0. The predicted octanol–water partition coefficient (Wildman–Crippen LogP) is 1.98. The predicted molar refractivity (Wildman–Crippen MR) is 74.0 cm³/mol. The van der Waals surface area contributed by atoms with Crippen molar-refractivity contribution in [3.63, 3.8) is 0 Å². The third-order valence-corrected chi connectivity index (χ3v) is 2.53. The number of hydrogen-bond donors (Lipinski definition) is 3. The number of carbonyl (C=O) groups is 1. The number of carbonyl (C=O) groups excluding carboxylic acids is 1. The number of hydrogen-bond acceptors (Lipinski definition) is 5. The summed E-state index contributed by atoms with van der Waals surface area (Å²) < 4.78 is 0. The zero-order valence-electron chi connectivity index (χ0n) is 10.1. The largest absolute Gasteiger partial charge is 0.308 e. The van der Waals surface area contributed by atoms with Crippen molar-refractivity contribution in [2.24, 2.45) is 5.84 Å². The van der Waals surface area contributed by atoms with Crippen LogP contribution in [-0.4, -0.2) is 15.9 Å². The summed E-state index contributed by atoms with van der Waals surface area (Å²) in [6.07, 6.45) is 0. The second kappa shape index (κ2) is 5.64. The van der Waals surface area contributed by atoms with Crippen LogP contribution in [0.5, 0.6) is 0 Å². The van der Waals surface area contributed by atoms with Crippen molar-refractivity contribution in [3.8, 4) is 0 Å². The molecule has 98 valence electrons. The first kappa shape index (κ1) is 13.3. The van der Waals surface area contributed by atoms with Gasteiger partial charge >= 0.3 is 0 Å². The molecule has 6 nitrogen and oxygen atoms in total. The number of anilines is 2. The molecule has 0 aliphatic rings. The maximum atomic E-state index is 12.0. The van der Waals surface area contributed by atoms with E-state index in [1.165, 1.54) is 12.1 Å². The van der Waals surface area contributed by atoms with Gasteiger partial charge in [-0.05, 0) is 31.2 Å². The summed E-state index contributed by atoms with van der Waals surface area (Å²) in [6.45, 7) is 1.84. The molecule has 0 fully saturated rings. The Kier molecular flexibility index (Phi) is 3.94. The minimum absolute atomic E-state index is 0.179. The molecule has 19 heavy (non-hydrogen) atoms. The second-order valence-electron chi connectivity index (χ2n) is 3.83. The standard InChI is InChI=1S/C12H12ClN5O/c1-7-3-2-4-10(15-7)17-12(19)8-5-9(13)16-11(6-8)18-14/h2-6H,14H2,1H3,(H,16,18)(H,15,17,19). The van der Waals surface area contributed by atoms with Gasteiger partial charge in [0.2, 0.25) is 0 Å². The van der Waals surface area contributed by atoms with Crippen LogP contribution in [0.2, 0.25) is 5.15 Å². The molecule has 2 heterocycles. The number of nitrogens with two attached hydrogens (primary N) is 1. The first-order valence-electron chi connectivity index (χ1n) is 5.47. The molecule has 2 aromatic rings. The zero-order chi connectivity index (χ0) is 13.8. The van der Waals surface area contributed by atoms with Crippen molar-refractivity contribution in [1.82, 2.24) is 9.97 Å². The van der Waals surface area contributed by atoms with E-state index >= 15 is 0 Å². The van der Waals surface area contributed by atoms with E-state index in [-0.39, 0.29) is 11.1 Å². The molecule has 0 atom stereocenters. The van der Waals surface area contributed by atoms with E-state index in [0.717, 1.165) is 5.69 Å². The van der Waals surface area contributed by atoms with Gasteiger partial charge in [0.05, 0.1) is 0 Å². The average Bonchev–Trinajstić information content (AvgIpc) is 2.38. The molecule has 0 saturated heterocycles. The van der Waals surface area contributed by atoms with Crippen LogP contribution in [-0.2, 0) is 0 Å². The van der Waals surface area contributed by atoms with Gasteiger partial charge in [-0.25, -0.2) is 15.8 Å². The van der Waals surface area contributed by atoms with Crippen molar-refractivity contribution in [3.05, 3.63) is 46.7 Å². The van der Waals surface area contributed by atoms with Crippen LogP contribution >= 0.6 is 11.6 Å². The number of hydrazine groups is 1. The van der Waals surface area contributed by atoms with Gasteiger partial charge in [-0.1, -0.05) is 17.7 Å². The van der Waals surface area contributed by atoms with Gasteiger partial charge in [0.15, 0.2) is 0 Å². The van der Waals surface area contributed by atoms with Crippen LogP contribution in [0.25, 0.3) is 0 Å². The fourth-order valence-electron chi connectivity index (χ4n) is 1.50. The van der Waals surface area contributed by atoms with Gasteiger partial charge in [-0.15, -0.1) is 0 Å². The van der Waals surface area contributed by atoms with Gasteiger partial charge < -0.3 is 10.7 Å². The third-order valence-electron chi connectivity index (χ3n) is 2.33. The van der Waals surface area contributed by atoms with Crippen molar-refractivity contribution in [2.45, 2.75) is 6.92 Å². The lowest BCUT2D eigenvalue weighted by Gasteiger charge is -2.07. The van der Waals surface area contributed by atoms with E-state index in [4.69, 9.17) is 17.4 Å². The molecule has 0 unspecified atom stereocenters. The quantitative estimate of drug-likeness (QED) is 0.453. The minimum Gasteiger partial charge on any atom is -0.308 e. The maximum Gasteiger partial charge on any atom is 0.257 e. The number of rotatable bonds is 3. The van der Waals surface area contributed by atoms with Gasteiger partial charge in [0.1, 0.15) is 16.8 Å². The molecular formula is C12H12ClN5O. The Morgan fingerprint density at radius 1 is 1.26 bits per heavy atom. The maximum absolute atomic E-state index is 12.0. The van der Waals surface area contributed by atoms with Gasteiger partial charge in [0, 0.05) is 11.3 Å². The summed E-state index contributed by atoms with van der Waals surface area (Å²) in [5.74, 6) is 5.70. The molecule has 0 saturated carbocycles.